The van der Waals surface area contributed by atoms with Gasteiger partial charge in [-0.05, 0) is 37.3 Å². The lowest BCUT2D eigenvalue weighted by atomic mass is 9.87. The van der Waals surface area contributed by atoms with Crippen molar-refractivity contribution in [2.45, 2.75) is 37.4 Å². The van der Waals surface area contributed by atoms with E-state index in [9.17, 15) is 4.79 Å². The average Bonchev–Trinajstić information content (AvgIpc) is 3.22. The van der Waals surface area contributed by atoms with Crippen molar-refractivity contribution >= 4 is 11.6 Å². The molecule has 3 aliphatic heterocycles. The van der Waals surface area contributed by atoms with E-state index in [2.05, 4.69) is 17.0 Å². The molecule has 24 heavy (non-hydrogen) atoms. The fourth-order valence-corrected chi connectivity index (χ4v) is 4.56. The zero-order chi connectivity index (χ0) is 16.6. The second kappa shape index (κ2) is 6.47. The van der Waals surface area contributed by atoms with Crippen LogP contribution in [0.2, 0.25) is 0 Å². The Morgan fingerprint density at radius 3 is 3.04 bits per heavy atom. The lowest BCUT2D eigenvalue weighted by Crippen LogP contribution is -2.58. The largest absolute Gasteiger partial charge is 0.378 e. The standard InChI is InChI=1S/C19H26N2O3/c1-23-17-8-10-20(14-19(17)9-4-12-24-19)13-18(22)21-11-7-15-5-2-3-6-16(15)21/h2-3,5-6,17H,4,7-14H2,1H3/t17-,19+/m0/s1. The summed E-state index contributed by atoms with van der Waals surface area (Å²) in [7, 11) is 1.77. The summed E-state index contributed by atoms with van der Waals surface area (Å²) in [6, 6.07) is 8.23. The van der Waals surface area contributed by atoms with Gasteiger partial charge >= 0.3 is 0 Å². The average molecular weight is 330 g/mol. The number of ether oxygens (including phenoxy) is 2. The van der Waals surface area contributed by atoms with Gasteiger partial charge in [-0.2, -0.15) is 0 Å². The molecule has 0 aliphatic carbocycles. The molecule has 2 fully saturated rings. The Hall–Kier alpha value is -1.43. The van der Waals surface area contributed by atoms with E-state index < -0.39 is 0 Å². The Kier molecular flexibility index (Phi) is 4.33. The van der Waals surface area contributed by atoms with Gasteiger partial charge in [0.15, 0.2) is 0 Å². The minimum Gasteiger partial charge on any atom is -0.378 e. The number of piperidine rings is 1. The quantitative estimate of drug-likeness (QED) is 0.848. The summed E-state index contributed by atoms with van der Waals surface area (Å²) in [6.45, 7) is 3.77. The van der Waals surface area contributed by atoms with E-state index in [1.54, 1.807) is 7.11 Å². The number of benzene rings is 1. The van der Waals surface area contributed by atoms with Gasteiger partial charge in [0.25, 0.3) is 0 Å². The third-order valence-corrected chi connectivity index (χ3v) is 5.75. The number of hydrogen-bond acceptors (Lipinski definition) is 4. The van der Waals surface area contributed by atoms with Crippen LogP contribution >= 0.6 is 0 Å². The van der Waals surface area contributed by atoms with Crippen LogP contribution in [0.4, 0.5) is 5.69 Å². The first-order valence-corrected chi connectivity index (χ1v) is 8.99. The monoisotopic (exact) mass is 330 g/mol. The molecular weight excluding hydrogens is 304 g/mol. The molecule has 5 heteroatoms. The van der Waals surface area contributed by atoms with Gasteiger partial charge in [0.1, 0.15) is 5.60 Å². The van der Waals surface area contributed by atoms with Crippen LogP contribution in [0.5, 0.6) is 0 Å². The molecule has 0 unspecified atom stereocenters. The number of fused-ring (bicyclic) bond motifs is 1. The van der Waals surface area contributed by atoms with E-state index >= 15 is 0 Å². The van der Waals surface area contributed by atoms with Gasteiger partial charge in [-0.15, -0.1) is 0 Å². The van der Waals surface area contributed by atoms with Gasteiger partial charge in [-0.1, -0.05) is 18.2 Å². The summed E-state index contributed by atoms with van der Waals surface area (Å²) in [5.41, 5.74) is 2.15. The molecule has 5 nitrogen and oxygen atoms in total. The van der Waals surface area contributed by atoms with Crippen molar-refractivity contribution in [3.8, 4) is 0 Å². The van der Waals surface area contributed by atoms with Crippen LogP contribution in [-0.4, -0.2) is 62.4 Å². The molecule has 2 atom stereocenters. The molecule has 130 valence electrons. The maximum absolute atomic E-state index is 12.8. The molecule has 0 aromatic heterocycles. The molecule has 0 bridgehead atoms. The summed E-state index contributed by atoms with van der Waals surface area (Å²) in [4.78, 5) is 17.0. The minimum atomic E-state index is -0.212. The van der Waals surface area contributed by atoms with Crippen LogP contribution in [-0.2, 0) is 20.7 Å². The first-order chi connectivity index (χ1) is 11.7. The lowest BCUT2D eigenvalue weighted by molar-refractivity contribution is -0.147. The first kappa shape index (κ1) is 16.1. The van der Waals surface area contributed by atoms with Crippen molar-refractivity contribution in [2.75, 3.05) is 44.8 Å². The van der Waals surface area contributed by atoms with Gasteiger partial charge < -0.3 is 14.4 Å². The number of methoxy groups -OCH3 is 1. The van der Waals surface area contributed by atoms with Crippen LogP contribution in [0.3, 0.4) is 0 Å². The third kappa shape index (κ3) is 2.75. The molecule has 3 aliphatic rings. The maximum atomic E-state index is 12.8. The summed E-state index contributed by atoms with van der Waals surface area (Å²) in [6.07, 6.45) is 4.16. The number of hydrogen-bond donors (Lipinski definition) is 0. The summed E-state index contributed by atoms with van der Waals surface area (Å²) in [5, 5.41) is 0. The molecule has 1 amide bonds. The highest BCUT2D eigenvalue weighted by molar-refractivity contribution is 5.96. The van der Waals surface area contributed by atoms with E-state index in [1.165, 1.54) is 5.56 Å². The number of amides is 1. The van der Waals surface area contributed by atoms with Gasteiger partial charge in [0.05, 0.1) is 12.6 Å². The molecule has 0 N–H and O–H groups in total. The number of nitrogens with zero attached hydrogens (tertiary/aromatic N) is 2. The van der Waals surface area contributed by atoms with Gasteiger partial charge in [-0.3, -0.25) is 9.69 Å². The molecule has 1 spiro atoms. The molecule has 1 aromatic rings. The Bertz CT molecular complexity index is 612. The van der Waals surface area contributed by atoms with Crippen LogP contribution < -0.4 is 4.90 Å². The zero-order valence-electron chi connectivity index (χ0n) is 14.4. The molecule has 3 heterocycles. The lowest BCUT2D eigenvalue weighted by Gasteiger charge is -2.44. The Balaban J connectivity index is 1.43. The van der Waals surface area contributed by atoms with Crippen molar-refractivity contribution in [1.82, 2.24) is 4.90 Å². The Labute approximate surface area is 143 Å². The van der Waals surface area contributed by atoms with E-state index in [4.69, 9.17) is 9.47 Å². The second-order valence-electron chi connectivity index (χ2n) is 7.16. The predicted octanol–water partition coefficient (Wildman–Crippen LogP) is 1.85. The highest BCUT2D eigenvalue weighted by Crippen LogP contribution is 2.36. The van der Waals surface area contributed by atoms with E-state index in [0.717, 1.165) is 57.6 Å². The Morgan fingerprint density at radius 2 is 2.25 bits per heavy atom. The molecular formula is C19H26N2O3. The van der Waals surface area contributed by atoms with Crippen molar-refractivity contribution in [2.24, 2.45) is 0 Å². The van der Waals surface area contributed by atoms with Crippen molar-refractivity contribution in [3.63, 3.8) is 0 Å². The number of anilines is 1. The van der Waals surface area contributed by atoms with E-state index in [0.29, 0.717) is 6.54 Å². The first-order valence-electron chi connectivity index (χ1n) is 8.99. The van der Waals surface area contributed by atoms with Crippen LogP contribution in [0.15, 0.2) is 24.3 Å². The van der Waals surface area contributed by atoms with Crippen molar-refractivity contribution in [1.29, 1.82) is 0 Å². The summed E-state index contributed by atoms with van der Waals surface area (Å²) >= 11 is 0. The van der Waals surface area contributed by atoms with Gasteiger partial charge in [-0.25, -0.2) is 0 Å². The van der Waals surface area contributed by atoms with Gasteiger partial charge in [0.2, 0.25) is 5.91 Å². The number of carbonyl (C=O) groups is 1. The fourth-order valence-electron chi connectivity index (χ4n) is 4.56. The van der Waals surface area contributed by atoms with Crippen LogP contribution in [0, 0.1) is 0 Å². The smallest absolute Gasteiger partial charge is 0.241 e. The molecule has 2 saturated heterocycles. The fraction of sp³-hybridized carbons (Fsp3) is 0.632. The zero-order valence-corrected chi connectivity index (χ0v) is 14.4. The SMILES string of the molecule is CO[C@H]1CCN(CC(=O)N2CCc3ccccc32)C[C@]12CCCO2. The van der Waals surface area contributed by atoms with Crippen LogP contribution in [0.1, 0.15) is 24.8 Å². The minimum absolute atomic E-state index is 0.152. The van der Waals surface area contributed by atoms with E-state index in [1.807, 2.05) is 17.0 Å². The normalized spacial score (nSPS) is 30.0. The topological polar surface area (TPSA) is 42.0 Å². The van der Waals surface area contributed by atoms with Crippen molar-refractivity contribution in [3.05, 3.63) is 29.8 Å². The van der Waals surface area contributed by atoms with Crippen LogP contribution in [0.25, 0.3) is 0 Å². The molecule has 1 aromatic carbocycles. The number of carbonyl (C=O) groups excluding carboxylic acids is 1. The number of para-hydroxylation sites is 1. The van der Waals surface area contributed by atoms with Crippen molar-refractivity contribution < 1.29 is 14.3 Å². The maximum Gasteiger partial charge on any atom is 0.241 e. The summed E-state index contributed by atoms with van der Waals surface area (Å²) in [5.74, 6) is 0.198. The number of rotatable bonds is 3. The van der Waals surface area contributed by atoms with E-state index in [-0.39, 0.29) is 17.6 Å². The van der Waals surface area contributed by atoms with Gasteiger partial charge in [0, 0.05) is 39.0 Å². The third-order valence-electron chi connectivity index (χ3n) is 5.75. The Morgan fingerprint density at radius 1 is 1.38 bits per heavy atom. The predicted molar refractivity (Wildman–Crippen MR) is 92.3 cm³/mol. The molecule has 0 radical (unpaired) electrons. The highest BCUT2D eigenvalue weighted by Gasteiger charge is 2.47. The second-order valence-corrected chi connectivity index (χ2v) is 7.16. The molecule has 0 saturated carbocycles. The number of likely N-dealkylation sites (tertiary alicyclic amines) is 1. The molecule has 4 rings (SSSR count). The highest BCUT2D eigenvalue weighted by atomic mass is 16.5. The summed E-state index contributed by atoms with van der Waals surface area (Å²) < 4.78 is 11.8.